The maximum Gasteiger partial charge on any atom is 0.298 e. The molecular formula is C21H16N5+. The zero-order valence-electron chi connectivity index (χ0n) is 16.8. The van der Waals surface area contributed by atoms with Crippen molar-refractivity contribution in [3.05, 3.63) is 72.7 Å². The van der Waals surface area contributed by atoms with Gasteiger partial charge in [0.2, 0.25) is 5.52 Å². The van der Waals surface area contributed by atoms with Gasteiger partial charge in [0.25, 0.3) is 11.5 Å². The fraction of sp³-hybridized carbons (Fsp3) is 0.0952. The van der Waals surface area contributed by atoms with Crippen LogP contribution in [0.3, 0.4) is 0 Å². The van der Waals surface area contributed by atoms with Crippen LogP contribution in [0.1, 0.15) is 9.68 Å². The largest absolute Gasteiger partial charge is 0.298 e. The lowest BCUT2D eigenvalue weighted by molar-refractivity contribution is -0.645. The van der Waals surface area contributed by atoms with Gasteiger partial charge in [-0.15, -0.1) is 0 Å². The summed E-state index contributed by atoms with van der Waals surface area (Å²) in [5, 5.41) is 0.829. The van der Waals surface area contributed by atoms with E-state index in [1.165, 1.54) is 10.1 Å². The van der Waals surface area contributed by atoms with Crippen LogP contribution >= 0.6 is 0 Å². The quantitative estimate of drug-likeness (QED) is 0.431. The third-order valence-corrected chi connectivity index (χ3v) is 5.12. The van der Waals surface area contributed by atoms with Crippen molar-refractivity contribution in [3.8, 4) is 17.1 Å². The van der Waals surface area contributed by atoms with Gasteiger partial charge in [0.1, 0.15) is 17.9 Å². The molecule has 0 radical (unpaired) electrons. The average molecular weight is 341 g/mol. The van der Waals surface area contributed by atoms with E-state index in [9.17, 15) is 0 Å². The summed E-state index contributed by atoms with van der Waals surface area (Å²) in [6, 6.07) is 15.7. The van der Waals surface area contributed by atoms with Crippen molar-refractivity contribution in [2.24, 2.45) is 6.98 Å². The lowest BCUT2D eigenvalue weighted by Gasteiger charge is -2.03. The van der Waals surface area contributed by atoms with E-state index in [1.54, 1.807) is 12.4 Å². The molecule has 6 rings (SSSR count). The molecule has 0 amide bonds. The Bertz CT molecular complexity index is 1410. The third kappa shape index (κ3) is 1.57. The summed E-state index contributed by atoms with van der Waals surface area (Å²) in [7, 11) is 0. The van der Waals surface area contributed by atoms with Crippen molar-refractivity contribution >= 4 is 22.2 Å². The minimum absolute atomic E-state index is 0.464. The molecule has 0 unspecified atom stereocenters. The summed E-state index contributed by atoms with van der Waals surface area (Å²) in [6.45, 7) is -1.70. The normalized spacial score (nSPS) is 14.8. The minimum atomic E-state index is -2.37. The Labute approximate surface area is 154 Å². The topological polar surface area (TPSA) is 39.5 Å². The van der Waals surface area contributed by atoms with E-state index in [1.807, 2.05) is 59.3 Å². The summed E-state index contributed by atoms with van der Waals surface area (Å²) in [6.07, 6.45) is 5.29. The predicted molar refractivity (Wildman–Crippen MR) is 100 cm³/mol. The molecule has 0 fully saturated rings. The van der Waals surface area contributed by atoms with Crippen LogP contribution < -0.4 is 4.57 Å². The van der Waals surface area contributed by atoms with E-state index in [0.29, 0.717) is 17.8 Å². The SMILES string of the molecule is [2H]C([2H])([2H])n1c2ncccc2c2c1n(-c1ccccc1)c1[n+]2Cc2ccncc2-1. The molecule has 5 nitrogen and oxygen atoms in total. The first kappa shape index (κ1) is 11.2. The van der Waals surface area contributed by atoms with Crippen LogP contribution in [0.25, 0.3) is 39.3 Å². The number of imidazole rings is 1. The summed E-state index contributed by atoms with van der Waals surface area (Å²) < 4.78 is 30.3. The Hall–Kier alpha value is -3.47. The predicted octanol–water partition coefficient (Wildman–Crippen LogP) is 3.23. The van der Waals surface area contributed by atoms with Crippen molar-refractivity contribution < 1.29 is 8.68 Å². The van der Waals surface area contributed by atoms with Gasteiger partial charge in [-0.05, 0) is 30.3 Å². The second-order valence-electron chi connectivity index (χ2n) is 6.50. The van der Waals surface area contributed by atoms with E-state index >= 15 is 0 Å². The molecule has 0 spiro atoms. The van der Waals surface area contributed by atoms with E-state index in [4.69, 9.17) is 4.11 Å². The summed E-state index contributed by atoms with van der Waals surface area (Å²) in [5.74, 6) is 0.938. The molecule has 5 heteroatoms. The molecule has 1 aliphatic heterocycles. The van der Waals surface area contributed by atoms with Gasteiger partial charge in [-0.25, -0.2) is 9.55 Å². The Balaban J connectivity index is 1.89. The van der Waals surface area contributed by atoms with Gasteiger partial charge >= 0.3 is 0 Å². The van der Waals surface area contributed by atoms with Crippen LogP contribution in [0, 0.1) is 0 Å². The summed E-state index contributed by atoms with van der Waals surface area (Å²) >= 11 is 0. The van der Waals surface area contributed by atoms with E-state index in [0.717, 1.165) is 28.0 Å². The molecular weight excluding hydrogens is 322 g/mol. The highest BCUT2D eigenvalue weighted by Gasteiger charge is 2.38. The summed E-state index contributed by atoms with van der Waals surface area (Å²) in [5.41, 5.74) is 5.04. The Morgan fingerprint density at radius 1 is 1.08 bits per heavy atom. The van der Waals surface area contributed by atoms with Crippen LogP contribution in [0.4, 0.5) is 0 Å². The molecule has 26 heavy (non-hydrogen) atoms. The molecule has 1 aromatic carbocycles. The average Bonchev–Trinajstić information content (AvgIpc) is 3.34. The van der Waals surface area contributed by atoms with Gasteiger partial charge in [0.15, 0.2) is 0 Å². The molecule has 0 saturated carbocycles. The minimum Gasteiger partial charge on any atom is -0.292 e. The molecule has 5 aromatic rings. The Morgan fingerprint density at radius 3 is 2.88 bits per heavy atom. The first-order valence-electron chi connectivity index (χ1n) is 9.98. The van der Waals surface area contributed by atoms with Crippen molar-refractivity contribution in [2.75, 3.05) is 0 Å². The standard InChI is InChI=1S/C21H16N5/c1-24-19-16(8-5-10-23-19)18-21(24)26(15-6-3-2-4-7-15)20-17-12-22-11-9-14(17)13-25(18)20/h2-12H,13H2,1H3/q+1/i1D3. The number of nitrogens with zero attached hydrogens (tertiary/aromatic N) is 5. The van der Waals surface area contributed by atoms with Crippen molar-refractivity contribution in [2.45, 2.75) is 6.54 Å². The van der Waals surface area contributed by atoms with Crippen LogP contribution in [-0.4, -0.2) is 19.1 Å². The van der Waals surface area contributed by atoms with Crippen molar-refractivity contribution in [1.29, 1.82) is 0 Å². The molecule has 0 saturated heterocycles. The van der Waals surface area contributed by atoms with E-state index < -0.39 is 6.98 Å². The van der Waals surface area contributed by atoms with Gasteiger partial charge in [0.05, 0.1) is 10.9 Å². The summed E-state index contributed by atoms with van der Waals surface area (Å²) in [4.78, 5) is 8.75. The second-order valence-corrected chi connectivity index (χ2v) is 6.50. The third-order valence-electron chi connectivity index (χ3n) is 5.12. The maximum atomic E-state index is 8.23. The van der Waals surface area contributed by atoms with E-state index in [2.05, 4.69) is 14.5 Å². The number of fused-ring (bicyclic) bond motifs is 7. The Kier molecular flexibility index (Phi) is 2.06. The lowest BCUT2D eigenvalue weighted by Crippen LogP contribution is -2.31. The van der Waals surface area contributed by atoms with Crippen LogP contribution in [0.5, 0.6) is 0 Å². The van der Waals surface area contributed by atoms with Gasteiger partial charge in [-0.3, -0.25) is 9.55 Å². The zero-order valence-corrected chi connectivity index (χ0v) is 13.8. The highest BCUT2D eigenvalue weighted by molar-refractivity contribution is 6.02. The molecule has 0 N–H and O–H groups in total. The fourth-order valence-corrected chi connectivity index (χ4v) is 4.06. The van der Waals surface area contributed by atoms with Gasteiger partial charge in [-0.2, -0.15) is 4.57 Å². The molecule has 0 bridgehead atoms. The van der Waals surface area contributed by atoms with Crippen molar-refractivity contribution in [3.63, 3.8) is 0 Å². The number of hydrogen-bond donors (Lipinski definition) is 0. The molecule has 4 aromatic heterocycles. The number of pyridine rings is 2. The number of para-hydroxylation sites is 1. The number of aromatic nitrogens is 5. The molecule has 0 aliphatic carbocycles. The highest BCUT2D eigenvalue weighted by atomic mass is 15.3. The molecule has 124 valence electrons. The first-order chi connectivity index (χ1) is 14.1. The fourth-order valence-electron chi connectivity index (χ4n) is 4.06. The molecule has 1 aliphatic rings. The van der Waals surface area contributed by atoms with Gasteiger partial charge in [0, 0.05) is 35.2 Å². The smallest absolute Gasteiger partial charge is 0.292 e. The number of benzene rings is 1. The van der Waals surface area contributed by atoms with Crippen LogP contribution in [0.2, 0.25) is 0 Å². The number of aryl methyl sites for hydroxylation is 1. The monoisotopic (exact) mass is 341 g/mol. The van der Waals surface area contributed by atoms with E-state index in [-0.39, 0.29) is 0 Å². The van der Waals surface area contributed by atoms with Crippen molar-refractivity contribution in [1.82, 2.24) is 19.1 Å². The van der Waals surface area contributed by atoms with Crippen LogP contribution in [-0.2, 0) is 13.5 Å². The zero-order chi connectivity index (χ0) is 19.8. The number of rotatable bonds is 1. The van der Waals surface area contributed by atoms with Crippen LogP contribution in [0.15, 0.2) is 67.1 Å². The van der Waals surface area contributed by atoms with Gasteiger partial charge in [-0.1, -0.05) is 18.2 Å². The molecule has 5 heterocycles. The van der Waals surface area contributed by atoms with Gasteiger partial charge < -0.3 is 0 Å². The Morgan fingerprint density at radius 2 is 2.00 bits per heavy atom. The molecule has 0 atom stereocenters. The first-order valence-corrected chi connectivity index (χ1v) is 8.48. The maximum absolute atomic E-state index is 8.23. The number of hydrogen-bond acceptors (Lipinski definition) is 2. The second kappa shape index (κ2) is 4.79. The highest BCUT2D eigenvalue weighted by Crippen LogP contribution is 2.36. The lowest BCUT2D eigenvalue weighted by atomic mass is 10.1.